The molecule has 1 aliphatic heterocycles. The van der Waals surface area contributed by atoms with E-state index < -0.39 is 0 Å². The Hall–Kier alpha value is -1.96. The summed E-state index contributed by atoms with van der Waals surface area (Å²) < 4.78 is 5.10. The van der Waals surface area contributed by atoms with E-state index in [1.54, 1.807) is 11.8 Å². The minimum absolute atomic E-state index is 0.00440. The van der Waals surface area contributed by atoms with Gasteiger partial charge in [-0.1, -0.05) is 16.9 Å². The molecule has 3 rings (SSSR count). The molecule has 1 atom stereocenters. The summed E-state index contributed by atoms with van der Waals surface area (Å²) in [6.45, 7) is 3.88. The fourth-order valence-corrected chi connectivity index (χ4v) is 3.14. The zero-order valence-electron chi connectivity index (χ0n) is 11.7. The molecule has 7 nitrogen and oxygen atoms in total. The van der Waals surface area contributed by atoms with Crippen LogP contribution in [0.1, 0.15) is 19.0 Å². The third kappa shape index (κ3) is 2.63. The molecule has 0 saturated carbocycles. The molecule has 2 aromatic heterocycles. The fourth-order valence-electron chi connectivity index (χ4n) is 2.44. The fraction of sp³-hybridized carbons (Fsp3) is 0.462. The smallest absolute Gasteiger partial charge is 0.263 e. The van der Waals surface area contributed by atoms with E-state index in [4.69, 9.17) is 4.52 Å². The van der Waals surface area contributed by atoms with Crippen LogP contribution in [0, 0.1) is 12.8 Å². The molecule has 0 aromatic carbocycles. The molecule has 1 amide bonds. The van der Waals surface area contributed by atoms with E-state index in [-0.39, 0.29) is 16.9 Å². The molecule has 0 spiro atoms. The van der Waals surface area contributed by atoms with Crippen LogP contribution in [0.3, 0.4) is 0 Å². The van der Waals surface area contributed by atoms with Crippen LogP contribution >= 0.6 is 11.8 Å². The quantitative estimate of drug-likeness (QED) is 0.850. The average Bonchev–Trinajstić information content (AvgIpc) is 3.00. The van der Waals surface area contributed by atoms with Crippen molar-refractivity contribution in [3.8, 4) is 0 Å². The van der Waals surface area contributed by atoms with Gasteiger partial charge in [0.05, 0.1) is 5.69 Å². The predicted octanol–water partition coefficient (Wildman–Crippen LogP) is 1.56. The summed E-state index contributed by atoms with van der Waals surface area (Å²) in [7, 11) is 0. The highest BCUT2D eigenvalue weighted by Crippen LogP contribution is 2.31. The molecule has 1 fully saturated rings. The largest absolute Gasteiger partial charge is 0.335 e. The number of carbonyl (C=O) groups is 2. The maximum atomic E-state index is 12.2. The summed E-state index contributed by atoms with van der Waals surface area (Å²) in [5.74, 6) is 1.34. The minimum atomic E-state index is 0.00440. The maximum absolute atomic E-state index is 12.2. The lowest BCUT2D eigenvalue weighted by molar-refractivity contribution is -0.117. The van der Waals surface area contributed by atoms with Crippen LogP contribution < -0.4 is 4.90 Å². The van der Waals surface area contributed by atoms with Crippen LogP contribution in [-0.4, -0.2) is 38.4 Å². The summed E-state index contributed by atoms with van der Waals surface area (Å²) in [5, 5.41) is 4.61. The Labute approximate surface area is 125 Å². The molecule has 1 saturated heterocycles. The number of hydrogen-bond donors (Lipinski definition) is 0. The Balaban J connectivity index is 1.87. The van der Waals surface area contributed by atoms with Gasteiger partial charge in [0.15, 0.2) is 10.9 Å². The van der Waals surface area contributed by atoms with Crippen molar-refractivity contribution in [3.05, 3.63) is 12.0 Å². The molecule has 1 aliphatic rings. The summed E-state index contributed by atoms with van der Waals surface area (Å²) in [6.07, 6.45) is 1.79. The number of nitrogens with zero attached hydrogens (tertiary/aromatic N) is 4. The molecule has 110 valence electrons. The van der Waals surface area contributed by atoms with Crippen LogP contribution in [0.15, 0.2) is 10.9 Å². The molecular formula is C13H14N4O3S. The van der Waals surface area contributed by atoms with Crippen LogP contribution in [0.5, 0.6) is 0 Å². The number of aromatic nitrogens is 3. The number of amides is 1. The van der Waals surface area contributed by atoms with Crippen molar-refractivity contribution in [2.24, 2.45) is 5.92 Å². The van der Waals surface area contributed by atoms with Crippen LogP contribution in [-0.2, 0) is 9.59 Å². The van der Waals surface area contributed by atoms with Gasteiger partial charge in [-0.3, -0.25) is 14.5 Å². The number of hydrogen-bond acceptors (Lipinski definition) is 7. The minimum Gasteiger partial charge on any atom is -0.335 e. The highest BCUT2D eigenvalue weighted by molar-refractivity contribution is 8.13. The van der Waals surface area contributed by atoms with Crippen LogP contribution in [0.25, 0.3) is 11.1 Å². The van der Waals surface area contributed by atoms with Crippen LogP contribution in [0.4, 0.5) is 5.82 Å². The number of carbonyl (C=O) groups excluding carboxylic acids is 2. The molecule has 21 heavy (non-hydrogen) atoms. The monoisotopic (exact) mass is 306 g/mol. The first-order chi connectivity index (χ1) is 10.1. The van der Waals surface area contributed by atoms with Gasteiger partial charge < -0.3 is 4.52 Å². The Morgan fingerprint density at radius 3 is 3.10 bits per heavy atom. The first-order valence-corrected chi connectivity index (χ1v) is 7.55. The highest BCUT2D eigenvalue weighted by atomic mass is 32.2. The molecule has 1 unspecified atom stereocenters. The third-order valence-electron chi connectivity index (χ3n) is 3.41. The molecule has 2 aromatic rings. The molecule has 0 bridgehead atoms. The van der Waals surface area contributed by atoms with Crippen molar-refractivity contribution < 1.29 is 14.1 Å². The zero-order chi connectivity index (χ0) is 15.0. The first kappa shape index (κ1) is 14.0. The lowest BCUT2D eigenvalue weighted by atomic mass is 10.1. The molecule has 8 heteroatoms. The van der Waals surface area contributed by atoms with E-state index in [2.05, 4.69) is 15.1 Å². The van der Waals surface area contributed by atoms with Crippen LogP contribution in [0.2, 0.25) is 0 Å². The Morgan fingerprint density at radius 2 is 2.33 bits per heavy atom. The molecule has 0 N–H and O–H groups in total. The topological polar surface area (TPSA) is 89.2 Å². The van der Waals surface area contributed by atoms with Gasteiger partial charge in [-0.05, 0) is 12.8 Å². The van der Waals surface area contributed by atoms with E-state index >= 15 is 0 Å². The van der Waals surface area contributed by atoms with Gasteiger partial charge in [0.2, 0.25) is 5.91 Å². The van der Waals surface area contributed by atoms with Gasteiger partial charge in [0.1, 0.15) is 11.7 Å². The Morgan fingerprint density at radius 1 is 1.52 bits per heavy atom. The normalized spacial score (nSPS) is 18.7. The third-order valence-corrected chi connectivity index (χ3v) is 4.45. The number of thioether (sulfide) groups is 1. The van der Waals surface area contributed by atoms with E-state index in [1.807, 2.05) is 0 Å². The van der Waals surface area contributed by atoms with Crippen molar-refractivity contribution >= 4 is 39.7 Å². The van der Waals surface area contributed by atoms with Crippen molar-refractivity contribution in [1.82, 2.24) is 15.1 Å². The Kier molecular flexibility index (Phi) is 3.62. The van der Waals surface area contributed by atoms with E-state index in [0.29, 0.717) is 41.3 Å². The van der Waals surface area contributed by atoms with Crippen molar-refractivity contribution in [2.45, 2.75) is 20.3 Å². The van der Waals surface area contributed by atoms with E-state index in [1.165, 1.54) is 25.0 Å². The second kappa shape index (κ2) is 5.44. The van der Waals surface area contributed by atoms with Gasteiger partial charge >= 0.3 is 0 Å². The van der Waals surface area contributed by atoms with Gasteiger partial charge in [-0.15, -0.1) is 0 Å². The second-order valence-corrected chi connectivity index (χ2v) is 6.22. The number of aryl methyl sites for hydroxylation is 1. The number of rotatable bonds is 3. The highest BCUT2D eigenvalue weighted by Gasteiger charge is 2.33. The molecule has 0 aliphatic carbocycles. The van der Waals surface area contributed by atoms with Gasteiger partial charge in [-0.2, -0.15) is 4.98 Å². The van der Waals surface area contributed by atoms with Gasteiger partial charge in [0, 0.05) is 25.6 Å². The number of fused-ring (bicyclic) bond motifs is 1. The average molecular weight is 306 g/mol. The predicted molar refractivity (Wildman–Crippen MR) is 77.9 cm³/mol. The number of anilines is 1. The van der Waals surface area contributed by atoms with Gasteiger partial charge in [0.25, 0.3) is 5.71 Å². The maximum Gasteiger partial charge on any atom is 0.263 e. The standard InChI is InChI=1S/C13H14N4O3S/c1-7-11-12(14-6-15-13(11)20-16-7)17-4-9(3-10(17)19)5-21-8(2)18/h6,9H,3-5H2,1-2H3. The zero-order valence-corrected chi connectivity index (χ0v) is 12.5. The van der Waals surface area contributed by atoms with Gasteiger partial charge in [-0.25, -0.2) is 4.98 Å². The van der Waals surface area contributed by atoms with Crippen molar-refractivity contribution in [1.29, 1.82) is 0 Å². The van der Waals surface area contributed by atoms with Crippen molar-refractivity contribution in [3.63, 3.8) is 0 Å². The van der Waals surface area contributed by atoms with Crippen molar-refractivity contribution in [2.75, 3.05) is 17.2 Å². The molecule has 3 heterocycles. The lowest BCUT2D eigenvalue weighted by Gasteiger charge is -2.15. The van der Waals surface area contributed by atoms with E-state index in [9.17, 15) is 9.59 Å². The Bertz CT molecular complexity index is 715. The first-order valence-electron chi connectivity index (χ1n) is 6.57. The summed E-state index contributed by atoms with van der Waals surface area (Å²) in [5.41, 5.74) is 1.04. The SMILES string of the molecule is CC(=O)SCC1CC(=O)N(c2ncnc3onc(C)c23)C1. The molecule has 0 radical (unpaired) electrons. The van der Waals surface area contributed by atoms with E-state index in [0.717, 1.165) is 0 Å². The summed E-state index contributed by atoms with van der Waals surface area (Å²) >= 11 is 1.25. The lowest BCUT2D eigenvalue weighted by Crippen LogP contribution is -2.26. The summed E-state index contributed by atoms with van der Waals surface area (Å²) in [4.78, 5) is 33.1. The molecular weight excluding hydrogens is 292 g/mol. The second-order valence-electron chi connectivity index (χ2n) is 5.02. The summed E-state index contributed by atoms with van der Waals surface area (Å²) in [6, 6.07) is 0.